The number of fused-ring (bicyclic) bond motifs is 2. The highest BCUT2D eigenvalue weighted by Crippen LogP contribution is 2.53. The second-order valence-corrected chi connectivity index (χ2v) is 7.65. The van der Waals surface area contributed by atoms with Crippen molar-refractivity contribution in [3.63, 3.8) is 0 Å². The van der Waals surface area contributed by atoms with Crippen LogP contribution in [0.25, 0.3) is 6.08 Å². The third kappa shape index (κ3) is 2.22. The molecule has 1 saturated carbocycles. The van der Waals surface area contributed by atoms with Gasteiger partial charge < -0.3 is 15.5 Å². The number of rotatable bonds is 3. The van der Waals surface area contributed by atoms with Crippen molar-refractivity contribution in [1.29, 1.82) is 0 Å². The molecule has 1 aromatic carbocycles. The Labute approximate surface area is 137 Å². The van der Waals surface area contributed by atoms with Gasteiger partial charge in [-0.25, -0.2) is 0 Å². The van der Waals surface area contributed by atoms with Crippen LogP contribution in [-0.2, 0) is 0 Å². The van der Waals surface area contributed by atoms with E-state index in [0.29, 0.717) is 16.8 Å². The second-order valence-electron chi connectivity index (χ2n) is 7.24. The molecule has 118 valence electrons. The third-order valence-corrected chi connectivity index (χ3v) is 6.05. The van der Waals surface area contributed by atoms with E-state index < -0.39 is 0 Å². The van der Waals surface area contributed by atoms with Crippen molar-refractivity contribution in [3.05, 3.63) is 28.8 Å². The molecule has 0 aromatic heterocycles. The van der Waals surface area contributed by atoms with Crippen LogP contribution in [0.4, 0.5) is 11.4 Å². The van der Waals surface area contributed by atoms with Gasteiger partial charge in [0, 0.05) is 43.5 Å². The van der Waals surface area contributed by atoms with Crippen LogP contribution in [0.2, 0.25) is 5.02 Å². The number of nitrogens with zero attached hydrogens (tertiary/aromatic N) is 2. The summed E-state index contributed by atoms with van der Waals surface area (Å²) in [6, 6.07) is 4.74. The van der Waals surface area contributed by atoms with Crippen molar-refractivity contribution in [2.75, 3.05) is 36.8 Å². The molecule has 2 fully saturated rings. The molecule has 3 nitrogen and oxygen atoms in total. The Balaban J connectivity index is 1.47. The molecule has 2 N–H and O–H groups in total. The number of piperidine rings is 1. The monoisotopic (exact) mass is 317 g/mol. The molecule has 1 aliphatic carbocycles. The SMILES string of the molecule is CC(C)N1CC2C(CN3CC=Cc4c3ccc(Cl)c4N)C2C1. The molecule has 4 rings (SSSR count). The predicted octanol–water partition coefficient (Wildman–Crippen LogP) is 3.34. The van der Waals surface area contributed by atoms with Crippen molar-refractivity contribution >= 4 is 29.1 Å². The van der Waals surface area contributed by atoms with Gasteiger partial charge in [-0.3, -0.25) is 0 Å². The Morgan fingerprint density at radius 3 is 2.68 bits per heavy atom. The first kappa shape index (κ1) is 14.4. The van der Waals surface area contributed by atoms with Crippen LogP contribution in [0, 0.1) is 17.8 Å². The van der Waals surface area contributed by atoms with Gasteiger partial charge in [0.1, 0.15) is 0 Å². The standard InChI is InChI=1S/C18H24ClN3/c1-11(2)22-9-14-13(15(14)10-22)8-21-7-3-4-12-17(21)6-5-16(19)18(12)20/h3-6,11,13-15H,7-10,20H2,1-2H3. The molecule has 2 aliphatic heterocycles. The highest BCUT2D eigenvalue weighted by Gasteiger charge is 2.56. The van der Waals surface area contributed by atoms with E-state index in [1.807, 2.05) is 6.07 Å². The molecule has 0 radical (unpaired) electrons. The number of nitrogen functional groups attached to an aromatic ring is 1. The molecule has 0 bridgehead atoms. The van der Waals surface area contributed by atoms with Crippen molar-refractivity contribution < 1.29 is 0 Å². The molecular formula is C18H24ClN3. The molecule has 0 spiro atoms. The van der Waals surface area contributed by atoms with Crippen LogP contribution in [0.15, 0.2) is 18.2 Å². The molecule has 22 heavy (non-hydrogen) atoms. The number of likely N-dealkylation sites (tertiary alicyclic amines) is 1. The number of anilines is 2. The largest absolute Gasteiger partial charge is 0.397 e. The van der Waals surface area contributed by atoms with Gasteiger partial charge in [-0.05, 0) is 43.7 Å². The Morgan fingerprint density at radius 1 is 1.27 bits per heavy atom. The van der Waals surface area contributed by atoms with Crippen molar-refractivity contribution in [2.24, 2.45) is 17.8 Å². The lowest BCUT2D eigenvalue weighted by atomic mass is 10.0. The van der Waals surface area contributed by atoms with Gasteiger partial charge in [0.25, 0.3) is 0 Å². The first-order chi connectivity index (χ1) is 10.6. The number of halogens is 1. The Bertz CT molecular complexity index is 613. The van der Waals surface area contributed by atoms with Crippen molar-refractivity contribution in [2.45, 2.75) is 19.9 Å². The quantitative estimate of drug-likeness (QED) is 0.868. The lowest BCUT2D eigenvalue weighted by molar-refractivity contribution is 0.234. The van der Waals surface area contributed by atoms with Crippen LogP contribution >= 0.6 is 11.6 Å². The fourth-order valence-corrected chi connectivity index (χ4v) is 4.41. The maximum absolute atomic E-state index is 6.15. The van der Waals surface area contributed by atoms with Crippen molar-refractivity contribution in [3.8, 4) is 0 Å². The minimum absolute atomic E-state index is 0.654. The Kier molecular flexibility index (Phi) is 3.39. The fraction of sp³-hybridized carbons (Fsp3) is 0.556. The minimum atomic E-state index is 0.654. The molecule has 2 unspecified atom stereocenters. The maximum Gasteiger partial charge on any atom is 0.0643 e. The van der Waals surface area contributed by atoms with E-state index >= 15 is 0 Å². The molecule has 2 atom stereocenters. The Morgan fingerprint density at radius 2 is 2.00 bits per heavy atom. The summed E-state index contributed by atoms with van der Waals surface area (Å²) in [6.45, 7) is 9.31. The number of hydrogen-bond acceptors (Lipinski definition) is 3. The maximum atomic E-state index is 6.15. The number of nitrogens with two attached hydrogens (primary N) is 1. The normalized spacial score (nSPS) is 29.8. The first-order valence-electron chi connectivity index (χ1n) is 8.29. The molecule has 3 aliphatic rings. The molecule has 4 heteroatoms. The van der Waals surface area contributed by atoms with E-state index in [0.717, 1.165) is 36.4 Å². The average molecular weight is 318 g/mol. The first-order valence-corrected chi connectivity index (χ1v) is 8.67. The highest BCUT2D eigenvalue weighted by atomic mass is 35.5. The van der Waals surface area contributed by atoms with Crippen LogP contribution in [0.1, 0.15) is 19.4 Å². The van der Waals surface area contributed by atoms with Gasteiger partial charge in [-0.2, -0.15) is 0 Å². The van der Waals surface area contributed by atoms with E-state index in [2.05, 4.69) is 41.9 Å². The summed E-state index contributed by atoms with van der Waals surface area (Å²) in [5.74, 6) is 2.66. The lowest BCUT2D eigenvalue weighted by Crippen LogP contribution is -2.35. The fourth-order valence-electron chi connectivity index (χ4n) is 4.25. The van der Waals surface area contributed by atoms with E-state index in [4.69, 9.17) is 17.3 Å². The van der Waals surface area contributed by atoms with E-state index in [-0.39, 0.29) is 0 Å². The molecule has 1 saturated heterocycles. The minimum Gasteiger partial charge on any atom is -0.397 e. The van der Waals surface area contributed by atoms with Crippen LogP contribution in [-0.4, -0.2) is 37.1 Å². The third-order valence-electron chi connectivity index (χ3n) is 5.72. The van der Waals surface area contributed by atoms with E-state index in [9.17, 15) is 0 Å². The lowest BCUT2D eigenvalue weighted by Gasteiger charge is -2.31. The molecule has 0 amide bonds. The summed E-state index contributed by atoms with van der Waals surface area (Å²) in [4.78, 5) is 5.10. The zero-order chi connectivity index (χ0) is 15.4. The van der Waals surface area contributed by atoms with Gasteiger partial charge in [-0.15, -0.1) is 0 Å². The number of hydrogen-bond donors (Lipinski definition) is 1. The van der Waals surface area contributed by atoms with Gasteiger partial charge >= 0.3 is 0 Å². The average Bonchev–Trinajstić information content (AvgIpc) is 2.95. The highest BCUT2D eigenvalue weighted by molar-refractivity contribution is 6.33. The summed E-state index contributed by atoms with van der Waals surface area (Å²) < 4.78 is 0. The summed E-state index contributed by atoms with van der Waals surface area (Å²) in [7, 11) is 0. The summed E-state index contributed by atoms with van der Waals surface area (Å²) in [5.41, 5.74) is 9.19. The number of benzene rings is 1. The van der Waals surface area contributed by atoms with Crippen LogP contribution < -0.4 is 10.6 Å². The van der Waals surface area contributed by atoms with Crippen molar-refractivity contribution in [1.82, 2.24) is 4.90 Å². The predicted molar refractivity (Wildman–Crippen MR) is 94.3 cm³/mol. The molecular weight excluding hydrogens is 294 g/mol. The summed E-state index contributed by atoms with van der Waals surface area (Å²) in [5, 5.41) is 0.654. The van der Waals surface area contributed by atoms with E-state index in [1.165, 1.54) is 18.8 Å². The van der Waals surface area contributed by atoms with Gasteiger partial charge in [0.05, 0.1) is 10.7 Å². The van der Waals surface area contributed by atoms with Crippen LogP contribution in [0.5, 0.6) is 0 Å². The summed E-state index contributed by atoms with van der Waals surface area (Å²) >= 11 is 6.15. The van der Waals surface area contributed by atoms with Gasteiger partial charge in [0.15, 0.2) is 0 Å². The van der Waals surface area contributed by atoms with E-state index in [1.54, 1.807) is 0 Å². The summed E-state index contributed by atoms with van der Waals surface area (Å²) in [6.07, 6.45) is 4.31. The molecule has 1 aromatic rings. The zero-order valence-electron chi connectivity index (χ0n) is 13.3. The van der Waals surface area contributed by atoms with Crippen LogP contribution in [0.3, 0.4) is 0 Å². The zero-order valence-corrected chi connectivity index (χ0v) is 14.1. The van der Waals surface area contributed by atoms with Gasteiger partial charge in [0.2, 0.25) is 0 Å². The molecule has 2 heterocycles. The smallest absolute Gasteiger partial charge is 0.0643 e. The topological polar surface area (TPSA) is 32.5 Å². The van der Waals surface area contributed by atoms with Gasteiger partial charge in [-0.1, -0.05) is 23.8 Å². The second kappa shape index (κ2) is 5.17. The Hall–Kier alpha value is -1.19.